The number of rotatable bonds is 21. The Balaban J connectivity index is 1.47. The fraction of sp³-hybridized carbons (Fsp3) is 0.571. The van der Waals surface area contributed by atoms with Crippen molar-refractivity contribution in [1.29, 1.82) is 0 Å². The molecule has 0 radical (unpaired) electrons. The first-order valence-electron chi connectivity index (χ1n) is 12.9. The third-order valence-corrected chi connectivity index (χ3v) is 6.48. The average molecular weight is 475 g/mol. The van der Waals surface area contributed by atoms with Crippen molar-refractivity contribution in [3.63, 3.8) is 0 Å². The van der Waals surface area contributed by atoms with E-state index in [-0.39, 0.29) is 0 Å². The van der Waals surface area contributed by atoms with E-state index in [1.807, 2.05) is 60.7 Å². The van der Waals surface area contributed by atoms with Crippen molar-refractivity contribution in [2.45, 2.75) is 84.0 Å². The lowest BCUT2D eigenvalue weighted by molar-refractivity contribution is 0.125. The Morgan fingerprint density at radius 1 is 0.515 bits per heavy atom. The monoisotopic (exact) mass is 474 g/mol. The molecule has 0 bridgehead atoms. The van der Waals surface area contributed by atoms with Gasteiger partial charge in [0.05, 0.1) is 6.61 Å². The van der Waals surface area contributed by atoms with Gasteiger partial charge in [-0.05, 0) is 43.5 Å². The molecule has 0 heterocycles. The predicted molar refractivity (Wildman–Crippen MR) is 139 cm³/mol. The van der Waals surface area contributed by atoms with E-state index in [1.165, 1.54) is 70.6 Å². The van der Waals surface area contributed by atoms with Gasteiger partial charge in [0.25, 0.3) is 0 Å². The maximum Gasteiger partial charge on any atom is 0.463 e. The summed E-state index contributed by atoms with van der Waals surface area (Å²) >= 11 is 0. The van der Waals surface area contributed by atoms with Gasteiger partial charge in [-0.1, -0.05) is 101 Å². The molecule has 2 aromatic carbocycles. The maximum absolute atomic E-state index is 5.96. The first-order valence-corrected chi connectivity index (χ1v) is 13.9. The first kappa shape index (κ1) is 27.6. The number of hydrogen-bond donors (Lipinski definition) is 0. The number of para-hydroxylation sites is 2. The van der Waals surface area contributed by atoms with Gasteiger partial charge in [-0.3, -0.25) is 4.52 Å². The molecule has 0 aliphatic carbocycles. The standard InChI is InChI=1S/C28H43O4P/c1-2-3-4-5-8-17-24-29-25-18-9-6-7-10-19-26-30-33(31-27-20-13-11-14-21-27)32-28-22-15-12-16-23-28/h11-16,20-23H,2-10,17-19,24-26H2,1H3. The minimum absolute atomic E-state index is 0.646. The normalized spacial score (nSPS) is 11.1. The van der Waals surface area contributed by atoms with Crippen LogP contribution in [0.5, 0.6) is 11.5 Å². The van der Waals surface area contributed by atoms with E-state index in [4.69, 9.17) is 18.3 Å². The molecule has 0 fully saturated rings. The quantitative estimate of drug-likeness (QED) is 0.133. The molecule has 0 aliphatic heterocycles. The van der Waals surface area contributed by atoms with E-state index in [2.05, 4.69) is 6.92 Å². The molecule has 0 aliphatic rings. The Bertz CT molecular complexity index is 627. The van der Waals surface area contributed by atoms with Crippen LogP contribution < -0.4 is 9.05 Å². The van der Waals surface area contributed by atoms with Crippen LogP contribution >= 0.6 is 8.60 Å². The second kappa shape index (κ2) is 19.8. The molecule has 0 unspecified atom stereocenters. The van der Waals surface area contributed by atoms with Crippen LogP contribution in [0.1, 0.15) is 84.0 Å². The zero-order valence-corrected chi connectivity index (χ0v) is 21.4. The van der Waals surface area contributed by atoms with Crippen LogP contribution in [-0.4, -0.2) is 19.8 Å². The first-order chi connectivity index (χ1) is 16.4. The number of hydrogen-bond acceptors (Lipinski definition) is 4. The van der Waals surface area contributed by atoms with Crippen molar-refractivity contribution in [3.8, 4) is 11.5 Å². The lowest BCUT2D eigenvalue weighted by atomic mass is 10.1. The second-order valence-electron chi connectivity index (χ2n) is 8.37. The van der Waals surface area contributed by atoms with Crippen molar-refractivity contribution in [1.82, 2.24) is 0 Å². The van der Waals surface area contributed by atoms with Crippen LogP contribution in [0, 0.1) is 0 Å². The highest BCUT2D eigenvalue weighted by Crippen LogP contribution is 2.41. The zero-order chi connectivity index (χ0) is 23.2. The smallest absolute Gasteiger partial charge is 0.418 e. The van der Waals surface area contributed by atoms with Gasteiger partial charge in [0.15, 0.2) is 0 Å². The van der Waals surface area contributed by atoms with E-state index in [0.717, 1.165) is 31.1 Å². The molecule has 0 N–H and O–H groups in total. The highest BCUT2D eigenvalue weighted by molar-refractivity contribution is 7.42. The van der Waals surface area contributed by atoms with Crippen molar-refractivity contribution < 1.29 is 18.3 Å². The van der Waals surface area contributed by atoms with Gasteiger partial charge in [-0.2, -0.15) is 0 Å². The Kier molecular flexibility index (Phi) is 16.6. The van der Waals surface area contributed by atoms with Gasteiger partial charge in [0.2, 0.25) is 0 Å². The fourth-order valence-electron chi connectivity index (χ4n) is 3.45. The summed E-state index contributed by atoms with van der Waals surface area (Å²) < 4.78 is 23.6. The summed E-state index contributed by atoms with van der Waals surface area (Å²) in [4.78, 5) is 0. The Hall–Kier alpha value is -1.61. The zero-order valence-electron chi connectivity index (χ0n) is 20.5. The number of unbranched alkanes of at least 4 members (excludes halogenated alkanes) is 10. The molecular formula is C28H43O4P. The van der Waals surface area contributed by atoms with Gasteiger partial charge in [-0.15, -0.1) is 0 Å². The Morgan fingerprint density at radius 3 is 1.42 bits per heavy atom. The average Bonchev–Trinajstić information content (AvgIpc) is 2.85. The summed E-state index contributed by atoms with van der Waals surface area (Å²) in [6.07, 6.45) is 15.1. The summed E-state index contributed by atoms with van der Waals surface area (Å²) in [5.74, 6) is 1.52. The van der Waals surface area contributed by atoms with Crippen molar-refractivity contribution in [2.24, 2.45) is 0 Å². The molecule has 5 heteroatoms. The summed E-state index contributed by atoms with van der Waals surface area (Å²) in [7, 11) is -1.47. The predicted octanol–water partition coefficient (Wildman–Crippen LogP) is 9.11. The topological polar surface area (TPSA) is 36.9 Å². The highest BCUT2D eigenvalue weighted by Gasteiger charge is 2.16. The molecule has 0 saturated heterocycles. The van der Waals surface area contributed by atoms with E-state index in [1.54, 1.807) is 0 Å². The molecular weight excluding hydrogens is 431 g/mol. The van der Waals surface area contributed by atoms with Crippen LogP contribution in [0.25, 0.3) is 0 Å². The molecule has 184 valence electrons. The van der Waals surface area contributed by atoms with Gasteiger partial charge < -0.3 is 13.8 Å². The van der Waals surface area contributed by atoms with E-state index in [9.17, 15) is 0 Å². The maximum atomic E-state index is 5.96. The minimum Gasteiger partial charge on any atom is -0.418 e. The summed E-state index contributed by atoms with van der Waals surface area (Å²) in [6, 6.07) is 19.4. The van der Waals surface area contributed by atoms with E-state index < -0.39 is 8.60 Å². The number of ether oxygens (including phenoxy) is 1. The molecule has 2 rings (SSSR count). The van der Waals surface area contributed by atoms with E-state index >= 15 is 0 Å². The molecule has 0 amide bonds. The molecule has 0 spiro atoms. The number of benzene rings is 2. The summed E-state index contributed by atoms with van der Waals surface area (Å²) in [5.41, 5.74) is 0. The third kappa shape index (κ3) is 15.0. The largest absolute Gasteiger partial charge is 0.463 e. The van der Waals surface area contributed by atoms with Crippen molar-refractivity contribution in [3.05, 3.63) is 60.7 Å². The van der Waals surface area contributed by atoms with E-state index in [0.29, 0.717) is 6.61 Å². The Morgan fingerprint density at radius 2 is 0.939 bits per heavy atom. The summed E-state index contributed by atoms with van der Waals surface area (Å²) in [6.45, 7) is 4.75. The molecule has 0 saturated carbocycles. The fourth-order valence-corrected chi connectivity index (χ4v) is 4.45. The lowest BCUT2D eigenvalue weighted by Gasteiger charge is -2.17. The molecule has 0 aromatic heterocycles. The van der Waals surface area contributed by atoms with Crippen molar-refractivity contribution in [2.75, 3.05) is 19.8 Å². The molecule has 4 nitrogen and oxygen atoms in total. The van der Waals surface area contributed by atoms with Gasteiger partial charge in [-0.25, -0.2) is 0 Å². The van der Waals surface area contributed by atoms with Crippen LogP contribution in [0.2, 0.25) is 0 Å². The molecule has 33 heavy (non-hydrogen) atoms. The van der Waals surface area contributed by atoms with Crippen LogP contribution in [0.15, 0.2) is 60.7 Å². The SMILES string of the molecule is CCCCCCCCOCCCCCCCCOP(Oc1ccccc1)Oc1ccccc1. The van der Waals surface area contributed by atoms with Crippen LogP contribution in [-0.2, 0) is 9.26 Å². The molecule has 2 aromatic rings. The highest BCUT2D eigenvalue weighted by atomic mass is 31.2. The van der Waals surface area contributed by atoms with Crippen LogP contribution in [0.4, 0.5) is 0 Å². The van der Waals surface area contributed by atoms with Crippen LogP contribution in [0.3, 0.4) is 0 Å². The summed E-state index contributed by atoms with van der Waals surface area (Å²) in [5, 5.41) is 0. The van der Waals surface area contributed by atoms with Gasteiger partial charge in [0, 0.05) is 13.2 Å². The van der Waals surface area contributed by atoms with Crippen molar-refractivity contribution >= 4 is 8.60 Å². The minimum atomic E-state index is -1.47. The molecule has 0 atom stereocenters. The van der Waals surface area contributed by atoms with Gasteiger partial charge in [0.1, 0.15) is 11.5 Å². The second-order valence-corrected chi connectivity index (χ2v) is 9.44. The van der Waals surface area contributed by atoms with Gasteiger partial charge >= 0.3 is 8.60 Å². The third-order valence-electron chi connectivity index (χ3n) is 5.37. The lowest BCUT2D eigenvalue weighted by Crippen LogP contribution is -2.01. The Labute approximate surface area is 203 Å².